The number of amides is 1. The molecular weight excluding hydrogens is 291 g/mol. The van der Waals surface area contributed by atoms with Crippen LogP contribution in [0.3, 0.4) is 0 Å². The number of hydrogen-bond donors (Lipinski definition) is 2. The van der Waals surface area contributed by atoms with E-state index in [-0.39, 0.29) is 11.9 Å². The third kappa shape index (κ3) is 5.06. The molecule has 6 heteroatoms. The second kappa shape index (κ2) is 7.89. The minimum Gasteiger partial charge on any atom is -0.327 e. The molecule has 1 aromatic rings. The van der Waals surface area contributed by atoms with Gasteiger partial charge in [0.05, 0.1) is 21.5 Å². The number of nitrogens with one attached hydrogen (secondary N) is 1. The van der Waals surface area contributed by atoms with Gasteiger partial charge in [-0.2, -0.15) is 11.8 Å². The van der Waals surface area contributed by atoms with Crippen molar-refractivity contribution in [3.63, 3.8) is 0 Å². The van der Waals surface area contributed by atoms with E-state index in [1.165, 1.54) is 11.8 Å². The third-order valence-corrected chi connectivity index (χ3v) is 4.26. The summed E-state index contributed by atoms with van der Waals surface area (Å²) >= 11 is 13.3. The van der Waals surface area contributed by atoms with Gasteiger partial charge in [0.25, 0.3) is 0 Å². The van der Waals surface area contributed by atoms with Crippen molar-refractivity contribution < 1.29 is 4.79 Å². The molecule has 0 saturated carbocycles. The van der Waals surface area contributed by atoms with Crippen LogP contribution in [0.4, 0.5) is 5.69 Å². The Morgan fingerprint density at radius 3 is 2.89 bits per heavy atom. The number of rotatable bonds is 6. The smallest absolute Gasteiger partial charge is 0.234 e. The number of anilines is 1. The molecule has 3 N–H and O–H groups in total. The highest BCUT2D eigenvalue weighted by Gasteiger charge is 2.09. The fourth-order valence-electron chi connectivity index (χ4n) is 1.21. The van der Waals surface area contributed by atoms with Gasteiger partial charge in [-0.3, -0.25) is 4.79 Å². The Kier molecular flexibility index (Phi) is 6.86. The van der Waals surface area contributed by atoms with Gasteiger partial charge < -0.3 is 11.1 Å². The van der Waals surface area contributed by atoms with Crippen molar-refractivity contribution in [2.45, 2.75) is 19.4 Å². The van der Waals surface area contributed by atoms with Gasteiger partial charge in [0, 0.05) is 11.8 Å². The average molecular weight is 307 g/mol. The highest BCUT2D eigenvalue weighted by Crippen LogP contribution is 2.29. The van der Waals surface area contributed by atoms with E-state index in [0.29, 0.717) is 21.5 Å². The molecular formula is C12H16Cl2N2OS. The van der Waals surface area contributed by atoms with Crippen molar-refractivity contribution in [2.75, 3.05) is 16.8 Å². The summed E-state index contributed by atoms with van der Waals surface area (Å²) in [6.45, 7) is 2.02. The van der Waals surface area contributed by atoms with Crippen molar-refractivity contribution in [1.82, 2.24) is 0 Å². The first kappa shape index (κ1) is 15.6. The van der Waals surface area contributed by atoms with Crippen LogP contribution in [0.2, 0.25) is 10.0 Å². The van der Waals surface area contributed by atoms with Crippen LogP contribution in [-0.2, 0) is 4.79 Å². The van der Waals surface area contributed by atoms with Gasteiger partial charge in [0.1, 0.15) is 0 Å². The van der Waals surface area contributed by atoms with Gasteiger partial charge >= 0.3 is 0 Å². The normalized spacial score (nSPS) is 12.2. The Labute approximate surface area is 121 Å². The molecule has 1 atom stereocenters. The van der Waals surface area contributed by atoms with Gasteiger partial charge in [0.15, 0.2) is 0 Å². The molecule has 0 saturated heterocycles. The quantitative estimate of drug-likeness (QED) is 0.847. The second-order valence-corrected chi connectivity index (χ2v) is 5.65. The van der Waals surface area contributed by atoms with E-state index in [9.17, 15) is 4.79 Å². The van der Waals surface area contributed by atoms with E-state index < -0.39 is 0 Å². The predicted octanol–water partition coefficient (Wildman–Crippen LogP) is 3.40. The Hall–Kier alpha value is -0.420. The molecule has 1 amide bonds. The van der Waals surface area contributed by atoms with Gasteiger partial charge in [-0.15, -0.1) is 0 Å². The first-order valence-electron chi connectivity index (χ1n) is 5.61. The molecule has 0 aliphatic rings. The van der Waals surface area contributed by atoms with E-state index in [1.807, 2.05) is 6.92 Å². The standard InChI is InChI=1S/C12H16Cl2N2OS/c1-2-8(15)6-18-7-11(17)16-10-5-3-4-9(13)12(10)14/h3-5,8H,2,6-7,15H2,1H3,(H,16,17). The molecule has 0 aliphatic carbocycles. The minimum atomic E-state index is -0.104. The molecule has 18 heavy (non-hydrogen) atoms. The monoisotopic (exact) mass is 306 g/mol. The Balaban J connectivity index is 2.43. The van der Waals surface area contributed by atoms with E-state index in [4.69, 9.17) is 28.9 Å². The SMILES string of the molecule is CCC(N)CSCC(=O)Nc1cccc(Cl)c1Cl. The van der Waals surface area contributed by atoms with Crippen LogP contribution < -0.4 is 11.1 Å². The predicted molar refractivity (Wildman–Crippen MR) is 80.7 cm³/mol. The summed E-state index contributed by atoms with van der Waals surface area (Å²) in [5, 5.41) is 3.52. The van der Waals surface area contributed by atoms with Gasteiger partial charge in [-0.05, 0) is 18.6 Å². The number of nitrogens with two attached hydrogens (primary N) is 1. The van der Waals surface area contributed by atoms with E-state index in [1.54, 1.807) is 18.2 Å². The molecule has 0 radical (unpaired) electrons. The molecule has 0 fully saturated rings. The third-order valence-electron chi connectivity index (χ3n) is 2.32. The number of hydrogen-bond acceptors (Lipinski definition) is 3. The Morgan fingerprint density at radius 2 is 2.22 bits per heavy atom. The molecule has 1 aromatic carbocycles. The van der Waals surface area contributed by atoms with Crippen molar-refractivity contribution >= 4 is 46.6 Å². The summed E-state index contributed by atoms with van der Waals surface area (Å²) in [5.74, 6) is 1.02. The second-order valence-electron chi connectivity index (χ2n) is 3.83. The van der Waals surface area contributed by atoms with Crippen LogP contribution in [0.15, 0.2) is 18.2 Å². The fraction of sp³-hybridized carbons (Fsp3) is 0.417. The van der Waals surface area contributed by atoms with E-state index in [2.05, 4.69) is 5.32 Å². The summed E-state index contributed by atoms with van der Waals surface area (Å²) < 4.78 is 0. The largest absolute Gasteiger partial charge is 0.327 e. The van der Waals surface area contributed by atoms with Gasteiger partial charge in [-0.1, -0.05) is 36.2 Å². The Bertz CT molecular complexity index is 415. The lowest BCUT2D eigenvalue weighted by Crippen LogP contribution is -2.23. The zero-order chi connectivity index (χ0) is 13.5. The van der Waals surface area contributed by atoms with Gasteiger partial charge in [-0.25, -0.2) is 0 Å². The molecule has 0 aliphatic heterocycles. The summed E-state index contributed by atoms with van der Waals surface area (Å²) in [7, 11) is 0. The maximum Gasteiger partial charge on any atom is 0.234 e. The molecule has 0 heterocycles. The molecule has 1 unspecified atom stereocenters. The van der Waals surface area contributed by atoms with Crippen LogP contribution in [0.1, 0.15) is 13.3 Å². The van der Waals surface area contributed by atoms with Crippen LogP contribution in [-0.4, -0.2) is 23.5 Å². The fourth-order valence-corrected chi connectivity index (χ4v) is 2.47. The lowest BCUT2D eigenvalue weighted by Gasteiger charge is -2.09. The summed E-state index contributed by atoms with van der Waals surface area (Å²) in [6, 6.07) is 5.27. The van der Waals surface area contributed by atoms with Crippen LogP contribution in [0, 0.1) is 0 Å². The zero-order valence-electron chi connectivity index (χ0n) is 10.1. The minimum absolute atomic E-state index is 0.104. The van der Waals surface area contributed by atoms with Crippen molar-refractivity contribution in [3.8, 4) is 0 Å². The number of carbonyl (C=O) groups is 1. The molecule has 3 nitrogen and oxygen atoms in total. The molecule has 0 bridgehead atoms. The lowest BCUT2D eigenvalue weighted by atomic mass is 10.3. The van der Waals surface area contributed by atoms with Crippen LogP contribution in [0.25, 0.3) is 0 Å². The first-order valence-corrected chi connectivity index (χ1v) is 7.52. The van der Waals surface area contributed by atoms with Crippen molar-refractivity contribution in [1.29, 1.82) is 0 Å². The zero-order valence-corrected chi connectivity index (χ0v) is 12.4. The average Bonchev–Trinajstić information content (AvgIpc) is 2.34. The maximum atomic E-state index is 11.7. The first-order chi connectivity index (χ1) is 8.54. The van der Waals surface area contributed by atoms with Crippen LogP contribution in [0.5, 0.6) is 0 Å². The van der Waals surface area contributed by atoms with Crippen LogP contribution >= 0.6 is 35.0 Å². The number of benzene rings is 1. The lowest BCUT2D eigenvalue weighted by molar-refractivity contribution is -0.113. The van der Waals surface area contributed by atoms with Gasteiger partial charge in [0.2, 0.25) is 5.91 Å². The Morgan fingerprint density at radius 1 is 1.50 bits per heavy atom. The van der Waals surface area contributed by atoms with Crippen molar-refractivity contribution in [2.24, 2.45) is 5.73 Å². The van der Waals surface area contributed by atoms with E-state index >= 15 is 0 Å². The topological polar surface area (TPSA) is 55.1 Å². The summed E-state index contributed by atoms with van der Waals surface area (Å²) in [5.41, 5.74) is 6.30. The van der Waals surface area contributed by atoms with Crippen molar-refractivity contribution in [3.05, 3.63) is 28.2 Å². The number of carbonyl (C=O) groups excluding carboxylic acids is 1. The maximum absolute atomic E-state index is 11.7. The molecule has 100 valence electrons. The number of thioether (sulfide) groups is 1. The molecule has 0 aromatic heterocycles. The summed E-state index contributed by atoms with van der Waals surface area (Å²) in [4.78, 5) is 11.7. The van der Waals surface area contributed by atoms with E-state index in [0.717, 1.165) is 12.2 Å². The highest BCUT2D eigenvalue weighted by atomic mass is 35.5. The highest BCUT2D eigenvalue weighted by molar-refractivity contribution is 8.00. The summed E-state index contributed by atoms with van der Waals surface area (Å²) in [6.07, 6.45) is 0.911. The number of halogens is 2. The molecule has 0 spiro atoms. The molecule has 1 rings (SSSR count).